The van der Waals surface area contributed by atoms with Gasteiger partial charge in [-0.3, -0.25) is 4.99 Å². The molecule has 1 saturated carbocycles. The zero-order valence-electron chi connectivity index (χ0n) is 16.3. The van der Waals surface area contributed by atoms with Crippen molar-refractivity contribution >= 4 is 5.96 Å². The maximum Gasteiger partial charge on any atom is 0.194 e. The fourth-order valence-corrected chi connectivity index (χ4v) is 4.37. The highest BCUT2D eigenvalue weighted by atomic mass is 16.3. The summed E-state index contributed by atoms with van der Waals surface area (Å²) < 4.78 is 2.22. The summed E-state index contributed by atoms with van der Waals surface area (Å²) in [6.45, 7) is 7.72. The third kappa shape index (κ3) is 4.78. The highest BCUT2D eigenvalue weighted by Crippen LogP contribution is 2.28. The Hall–Kier alpha value is -1.56. The highest BCUT2D eigenvalue weighted by Gasteiger charge is 2.29. The van der Waals surface area contributed by atoms with E-state index < -0.39 is 0 Å². The summed E-state index contributed by atoms with van der Waals surface area (Å²) in [6.07, 6.45) is 12.8. The van der Waals surface area contributed by atoms with Gasteiger partial charge in [-0.2, -0.15) is 0 Å². The van der Waals surface area contributed by atoms with Crippen molar-refractivity contribution < 1.29 is 5.11 Å². The minimum Gasteiger partial charge on any atom is -0.391 e. The first kappa shape index (κ1) is 19.2. The van der Waals surface area contributed by atoms with Crippen LogP contribution in [0.5, 0.6) is 0 Å². The van der Waals surface area contributed by atoms with Gasteiger partial charge in [0, 0.05) is 32.0 Å². The Morgan fingerprint density at radius 2 is 2.12 bits per heavy atom. The largest absolute Gasteiger partial charge is 0.391 e. The van der Waals surface area contributed by atoms with E-state index >= 15 is 0 Å². The van der Waals surface area contributed by atoms with Crippen LogP contribution in [0.25, 0.3) is 0 Å². The average Bonchev–Trinajstić information content (AvgIpc) is 3.20. The molecular formula is C20H35N5O. The lowest BCUT2D eigenvalue weighted by Crippen LogP contribution is -2.49. The number of aromatic nitrogens is 2. The quantitative estimate of drug-likeness (QED) is 0.625. The second kappa shape index (κ2) is 9.40. The van der Waals surface area contributed by atoms with Crippen LogP contribution in [0.3, 0.4) is 0 Å². The summed E-state index contributed by atoms with van der Waals surface area (Å²) in [7, 11) is 0. The number of likely N-dealkylation sites (tertiary alicyclic amines) is 1. The van der Waals surface area contributed by atoms with Gasteiger partial charge in [0.15, 0.2) is 5.96 Å². The molecule has 2 fully saturated rings. The van der Waals surface area contributed by atoms with Gasteiger partial charge in [0.2, 0.25) is 0 Å². The molecule has 1 aliphatic heterocycles. The maximum absolute atomic E-state index is 10.6. The van der Waals surface area contributed by atoms with Gasteiger partial charge in [0.05, 0.1) is 25.0 Å². The molecule has 6 nitrogen and oxygen atoms in total. The van der Waals surface area contributed by atoms with E-state index in [1.54, 1.807) is 0 Å². The first-order chi connectivity index (χ1) is 12.7. The molecule has 1 aliphatic carbocycles. The first-order valence-electron chi connectivity index (χ1n) is 10.4. The van der Waals surface area contributed by atoms with Crippen LogP contribution < -0.4 is 5.32 Å². The molecule has 0 aromatic carbocycles. The Balaban J connectivity index is 1.64. The normalized spacial score (nSPS) is 26.7. The van der Waals surface area contributed by atoms with Gasteiger partial charge in [-0.25, -0.2) is 4.98 Å². The van der Waals surface area contributed by atoms with Gasteiger partial charge < -0.3 is 19.9 Å². The molecule has 1 aromatic heterocycles. The van der Waals surface area contributed by atoms with Crippen LogP contribution in [0.2, 0.25) is 0 Å². The van der Waals surface area contributed by atoms with Crippen molar-refractivity contribution in [2.45, 2.75) is 64.5 Å². The standard InChI is InChI=1S/C20H35N5O/c1-3-22-20(23-13-19(26)17-7-5-4-6-8-17)24-11-9-16(2)18(14-24)25-12-10-21-15-25/h10,12,15-19,26H,3-9,11,13-14H2,1-2H3,(H,22,23). The Kier molecular flexibility index (Phi) is 6.94. The number of hydrogen-bond acceptors (Lipinski definition) is 3. The fraction of sp³-hybridized carbons (Fsp3) is 0.800. The molecule has 3 rings (SSSR count). The Bertz CT molecular complexity index is 553. The van der Waals surface area contributed by atoms with Crippen molar-refractivity contribution in [3.05, 3.63) is 18.7 Å². The third-order valence-electron chi connectivity index (χ3n) is 6.08. The summed E-state index contributed by atoms with van der Waals surface area (Å²) in [5.74, 6) is 1.99. The van der Waals surface area contributed by atoms with Gasteiger partial charge in [0.1, 0.15) is 0 Å². The fourth-order valence-electron chi connectivity index (χ4n) is 4.37. The number of aliphatic hydroxyl groups excluding tert-OH is 1. The second-order valence-corrected chi connectivity index (χ2v) is 7.95. The summed E-state index contributed by atoms with van der Waals surface area (Å²) in [6, 6.07) is 0.415. The Morgan fingerprint density at radius 1 is 1.31 bits per heavy atom. The highest BCUT2D eigenvalue weighted by molar-refractivity contribution is 5.80. The maximum atomic E-state index is 10.6. The molecule has 1 saturated heterocycles. The molecule has 0 amide bonds. The predicted octanol–water partition coefficient (Wildman–Crippen LogP) is 2.67. The summed E-state index contributed by atoms with van der Waals surface area (Å²) in [5.41, 5.74) is 0. The van der Waals surface area contributed by atoms with Gasteiger partial charge >= 0.3 is 0 Å². The number of aliphatic hydroxyl groups is 1. The van der Waals surface area contributed by atoms with Crippen LogP contribution >= 0.6 is 0 Å². The van der Waals surface area contributed by atoms with E-state index in [2.05, 4.69) is 39.8 Å². The number of nitrogens with one attached hydrogen (secondary N) is 1. The molecular weight excluding hydrogens is 326 g/mol. The van der Waals surface area contributed by atoms with Gasteiger partial charge in [-0.05, 0) is 38.0 Å². The van der Waals surface area contributed by atoms with Crippen molar-refractivity contribution in [1.82, 2.24) is 19.8 Å². The first-order valence-corrected chi connectivity index (χ1v) is 10.4. The van der Waals surface area contributed by atoms with Gasteiger partial charge in [0.25, 0.3) is 0 Å². The molecule has 1 aromatic rings. The molecule has 3 unspecified atom stereocenters. The van der Waals surface area contributed by atoms with Crippen LogP contribution in [-0.4, -0.2) is 57.8 Å². The minimum absolute atomic E-state index is 0.308. The number of aliphatic imine (C=N–C) groups is 1. The molecule has 0 radical (unpaired) electrons. The van der Waals surface area contributed by atoms with E-state index in [1.807, 2.05) is 12.5 Å². The lowest BCUT2D eigenvalue weighted by molar-refractivity contribution is 0.0918. The monoisotopic (exact) mass is 361 g/mol. The zero-order chi connectivity index (χ0) is 18.4. The molecule has 6 heteroatoms. The molecule has 2 N–H and O–H groups in total. The van der Waals surface area contributed by atoms with E-state index in [4.69, 9.17) is 4.99 Å². The van der Waals surface area contributed by atoms with Crippen LogP contribution in [0.1, 0.15) is 58.4 Å². The van der Waals surface area contributed by atoms with Crippen LogP contribution in [-0.2, 0) is 0 Å². The Morgan fingerprint density at radius 3 is 2.81 bits per heavy atom. The summed E-state index contributed by atoms with van der Waals surface area (Å²) >= 11 is 0. The number of rotatable bonds is 5. The lowest BCUT2D eigenvalue weighted by Gasteiger charge is -2.39. The van der Waals surface area contributed by atoms with E-state index in [-0.39, 0.29) is 6.10 Å². The molecule has 2 heterocycles. The minimum atomic E-state index is -0.308. The molecule has 0 bridgehead atoms. The topological polar surface area (TPSA) is 65.7 Å². The number of guanidine groups is 1. The molecule has 2 aliphatic rings. The summed E-state index contributed by atoms with van der Waals surface area (Å²) in [4.78, 5) is 11.4. The van der Waals surface area contributed by atoms with E-state index in [9.17, 15) is 5.11 Å². The molecule has 0 spiro atoms. The molecule has 3 atom stereocenters. The van der Waals surface area contributed by atoms with E-state index in [0.29, 0.717) is 24.4 Å². The van der Waals surface area contributed by atoms with Crippen molar-refractivity contribution in [3.63, 3.8) is 0 Å². The average molecular weight is 362 g/mol. The van der Waals surface area contributed by atoms with Crippen molar-refractivity contribution in [3.8, 4) is 0 Å². The van der Waals surface area contributed by atoms with E-state index in [0.717, 1.165) is 44.9 Å². The van der Waals surface area contributed by atoms with Crippen molar-refractivity contribution in [2.24, 2.45) is 16.8 Å². The molecule has 26 heavy (non-hydrogen) atoms. The number of hydrogen-bond donors (Lipinski definition) is 2. The number of piperidine rings is 1. The SMILES string of the molecule is CCNC(=NCC(O)C1CCCCC1)N1CCC(C)C(n2ccnc2)C1. The number of nitrogens with zero attached hydrogens (tertiary/aromatic N) is 4. The molecule has 146 valence electrons. The van der Waals surface area contributed by atoms with Crippen LogP contribution in [0.15, 0.2) is 23.7 Å². The zero-order valence-corrected chi connectivity index (χ0v) is 16.3. The van der Waals surface area contributed by atoms with Crippen molar-refractivity contribution in [2.75, 3.05) is 26.2 Å². The van der Waals surface area contributed by atoms with Crippen molar-refractivity contribution in [1.29, 1.82) is 0 Å². The smallest absolute Gasteiger partial charge is 0.194 e. The van der Waals surface area contributed by atoms with Gasteiger partial charge in [-0.15, -0.1) is 0 Å². The van der Waals surface area contributed by atoms with E-state index in [1.165, 1.54) is 19.3 Å². The van der Waals surface area contributed by atoms with Gasteiger partial charge in [-0.1, -0.05) is 26.2 Å². The Labute approximate surface area is 157 Å². The lowest BCUT2D eigenvalue weighted by atomic mass is 9.85. The summed E-state index contributed by atoms with van der Waals surface area (Å²) in [5, 5.41) is 14.0. The second-order valence-electron chi connectivity index (χ2n) is 7.95. The number of imidazole rings is 1. The van der Waals surface area contributed by atoms with Crippen LogP contribution in [0.4, 0.5) is 0 Å². The predicted molar refractivity (Wildman–Crippen MR) is 105 cm³/mol. The van der Waals surface area contributed by atoms with Crippen LogP contribution in [0, 0.1) is 11.8 Å². The third-order valence-corrected chi connectivity index (χ3v) is 6.08.